The van der Waals surface area contributed by atoms with E-state index in [1.54, 1.807) is 0 Å². The van der Waals surface area contributed by atoms with E-state index in [9.17, 15) is 5.11 Å². The number of rotatable bonds is 3. The fraction of sp³-hybridized carbons (Fsp3) is 0.600. The summed E-state index contributed by atoms with van der Waals surface area (Å²) in [5.41, 5.74) is 2.37. The molecule has 17 heavy (non-hydrogen) atoms. The molecule has 1 N–H and O–H groups in total. The summed E-state index contributed by atoms with van der Waals surface area (Å²) in [6, 6.07) is 9.34. The molecular formula is C15H23NO. The lowest BCUT2D eigenvalue weighted by Crippen LogP contribution is -2.26. The Morgan fingerprint density at radius 1 is 1.29 bits per heavy atom. The Hall–Kier alpha value is -1.02. The summed E-state index contributed by atoms with van der Waals surface area (Å²) in [7, 11) is 0. The minimum absolute atomic E-state index is 0.144. The molecule has 1 atom stereocenters. The molecule has 0 saturated carbocycles. The Morgan fingerprint density at radius 3 is 2.41 bits per heavy atom. The monoisotopic (exact) mass is 233 g/mol. The molecule has 0 radical (unpaired) electrons. The number of aliphatic hydroxyl groups is 1. The van der Waals surface area contributed by atoms with Crippen molar-refractivity contribution in [3.8, 4) is 0 Å². The first-order valence-corrected chi connectivity index (χ1v) is 6.52. The lowest BCUT2D eigenvalue weighted by atomic mass is 9.85. The van der Waals surface area contributed by atoms with Crippen molar-refractivity contribution in [2.45, 2.75) is 45.1 Å². The van der Waals surface area contributed by atoms with Gasteiger partial charge in [0.1, 0.15) is 0 Å². The average molecular weight is 233 g/mol. The van der Waals surface area contributed by atoms with E-state index in [-0.39, 0.29) is 12.0 Å². The summed E-state index contributed by atoms with van der Waals surface area (Å²) in [5.74, 6) is 0. The highest BCUT2D eigenvalue weighted by Crippen LogP contribution is 2.28. The van der Waals surface area contributed by atoms with Crippen LogP contribution >= 0.6 is 0 Å². The molecule has 1 saturated heterocycles. The third kappa shape index (κ3) is 2.47. The van der Waals surface area contributed by atoms with Gasteiger partial charge in [0, 0.05) is 23.7 Å². The molecule has 2 heteroatoms. The van der Waals surface area contributed by atoms with Crippen LogP contribution in [0.2, 0.25) is 0 Å². The fourth-order valence-corrected chi connectivity index (χ4v) is 2.51. The van der Waals surface area contributed by atoms with Crippen LogP contribution in [0.25, 0.3) is 0 Å². The third-order valence-corrected chi connectivity index (χ3v) is 3.93. The molecule has 2 rings (SSSR count). The Labute approximate surface area is 104 Å². The molecule has 1 aromatic rings. The van der Waals surface area contributed by atoms with E-state index in [2.05, 4.69) is 49.9 Å². The first kappa shape index (κ1) is 12.4. The van der Waals surface area contributed by atoms with E-state index in [1.165, 1.54) is 30.6 Å². The molecule has 1 aliphatic heterocycles. The summed E-state index contributed by atoms with van der Waals surface area (Å²) in [6.45, 7) is 7.79. The maximum absolute atomic E-state index is 9.36. The zero-order chi connectivity index (χ0) is 12.5. The maximum Gasteiger partial charge on any atom is 0.0522 e. The van der Waals surface area contributed by atoms with Crippen molar-refractivity contribution in [1.82, 2.24) is 0 Å². The highest BCUT2D eigenvalue weighted by molar-refractivity contribution is 5.50. The van der Waals surface area contributed by atoms with Crippen molar-refractivity contribution >= 4 is 5.69 Å². The zero-order valence-corrected chi connectivity index (χ0v) is 11.1. The van der Waals surface area contributed by atoms with Gasteiger partial charge in [-0.2, -0.15) is 0 Å². The predicted molar refractivity (Wildman–Crippen MR) is 72.6 cm³/mol. The molecule has 1 fully saturated rings. The van der Waals surface area contributed by atoms with Gasteiger partial charge in [-0.05, 0) is 37.5 Å². The largest absolute Gasteiger partial charge is 0.395 e. The Morgan fingerprint density at radius 2 is 1.94 bits per heavy atom. The van der Waals surface area contributed by atoms with Gasteiger partial charge in [0.25, 0.3) is 0 Å². The van der Waals surface area contributed by atoms with Crippen LogP contribution in [0.5, 0.6) is 0 Å². The first-order chi connectivity index (χ1) is 8.04. The van der Waals surface area contributed by atoms with Crippen LogP contribution in [0.3, 0.4) is 0 Å². The Kier molecular flexibility index (Phi) is 3.43. The van der Waals surface area contributed by atoms with Crippen LogP contribution in [0.1, 0.15) is 39.2 Å². The molecule has 1 unspecified atom stereocenters. The second-order valence-electron chi connectivity index (χ2n) is 5.77. The van der Waals surface area contributed by atoms with E-state index < -0.39 is 0 Å². The van der Waals surface area contributed by atoms with E-state index in [0.29, 0.717) is 6.04 Å². The summed E-state index contributed by atoms with van der Waals surface area (Å²) >= 11 is 0. The fourth-order valence-electron chi connectivity index (χ4n) is 2.51. The maximum atomic E-state index is 9.36. The van der Waals surface area contributed by atoms with Crippen molar-refractivity contribution in [2.75, 3.05) is 18.1 Å². The lowest BCUT2D eigenvalue weighted by molar-refractivity contribution is 0.218. The standard InChI is InChI=1S/C15H23NO/c1-12-5-4-10-16(12)14-8-6-13(7-9-14)15(2,3)11-17/h6-9,12,17H,4-5,10-11H2,1-3H3. The van der Waals surface area contributed by atoms with Crippen LogP contribution < -0.4 is 4.90 Å². The second-order valence-corrected chi connectivity index (χ2v) is 5.77. The topological polar surface area (TPSA) is 23.5 Å². The van der Waals surface area contributed by atoms with Gasteiger partial charge in [-0.25, -0.2) is 0 Å². The number of hydrogen-bond donors (Lipinski definition) is 1. The van der Waals surface area contributed by atoms with Gasteiger partial charge >= 0.3 is 0 Å². The number of benzene rings is 1. The van der Waals surface area contributed by atoms with Crippen molar-refractivity contribution in [1.29, 1.82) is 0 Å². The molecular weight excluding hydrogens is 210 g/mol. The molecule has 1 aromatic carbocycles. The second kappa shape index (κ2) is 4.69. The molecule has 2 nitrogen and oxygen atoms in total. The number of anilines is 1. The van der Waals surface area contributed by atoms with Gasteiger partial charge in [0.05, 0.1) is 6.61 Å². The smallest absolute Gasteiger partial charge is 0.0522 e. The summed E-state index contributed by atoms with van der Waals surface area (Å²) < 4.78 is 0. The third-order valence-electron chi connectivity index (χ3n) is 3.93. The summed E-state index contributed by atoms with van der Waals surface area (Å²) in [6.07, 6.45) is 2.59. The van der Waals surface area contributed by atoms with E-state index in [1.807, 2.05) is 0 Å². The van der Waals surface area contributed by atoms with E-state index >= 15 is 0 Å². The van der Waals surface area contributed by atoms with Crippen molar-refractivity contribution in [2.24, 2.45) is 0 Å². The molecule has 1 heterocycles. The summed E-state index contributed by atoms with van der Waals surface area (Å²) in [4.78, 5) is 2.47. The van der Waals surface area contributed by atoms with Crippen LogP contribution in [0.4, 0.5) is 5.69 Å². The predicted octanol–water partition coefficient (Wildman–Crippen LogP) is 2.95. The normalized spacial score (nSPS) is 20.9. The summed E-state index contributed by atoms with van der Waals surface area (Å²) in [5, 5.41) is 9.36. The molecule has 0 amide bonds. The van der Waals surface area contributed by atoms with Gasteiger partial charge in [0.2, 0.25) is 0 Å². The van der Waals surface area contributed by atoms with Gasteiger partial charge in [-0.3, -0.25) is 0 Å². The van der Waals surface area contributed by atoms with Crippen molar-refractivity contribution in [3.05, 3.63) is 29.8 Å². The number of hydrogen-bond acceptors (Lipinski definition) is 2. The number of aliphatic hydroxyl groups excluding tert-OH is 1. The Balaban J connectivity index is 2.18. The minimum Gasteiger partial charge on any atom is -0.395 e. The molecule has 1 aliphatic rings. The lowest BCUT2D eigenvalue weighted by Gasteiger charge is -2.26. The Bertz CT molecular complexity index is 369. The molecule has 0 aromatic heterocycles. The quantitative estimate of drug-likeness (QED) is 0.867. The van der Waals surface area contributed by atoms with Crippen LogP contribution in [-0.4, -0.2) is 24.3 Å². The van der Waals surface area contributed by atoms with Crippen molar-refractivity contribution < 1.29 is 5.11 Å². The van der Waals surface area contributed by atoms with E-state index in [0.717, 1.165) is 0 Å². The first-order valence-electron chi connectivity index (χ1n) is 6.52. The van der Waals surface area contributed by atoms with Gasteiger partial charge < -0.3 is 10.0 Å². The number of nitrogens with zero attached hydrogens (tertiary/aromatic N) is 1. The van der Waals surface area contributed by atoms with Crippen LogP contribution in [0.15, 0.2) is 24.3 Å². The van der Waals surface area contributed by atoms with Crippen LogP contribution in [0, 0.1) is 0 Å². The molecule has 0 aliphatic carbocycles. The average Bonchev–Trinajstić information content (AvgIpc) is 2.76. The minimum atomic E-state index is -0.144. The molecule has 0 spiro atoms. The zero-order valence-electron chi connectivity index (χ0n) is 11.1. The van der Waals surface area contributed by atoms with Gasteiger partial charge in [-0.15, -0.1) is 0 Å². The van der Waals surface area contributed by atoms with E-state index in [4.69, 9.17) is 0 Å². The molecule has 0 bridgehead atoms. The van der Waals surface area contributed by atoms with Gasteiger partial charge in [0.15, 0.2) is 0 Å². The highest BCUT2D eigenvalue weighted by atomic mass is 16.3. The van der Waals surface area contributed by atoms with Crippen molar-refractivity contribution in [3.63, 3.8) is 0 Å². The van der Waals surface area contributed by atoms with Gasteiger partial charge in [-0.1, -0.05) is 26.0 Å². The SMILES string of the molecule is CC1CCCN1c1ccc(C(C)(C)CO)cc1. The highest BCUT2D eigenvalue weighted by Gasteiger charge is 2.22. The molecule has 94 valence electrons. The van der Waals surface area contributed by atoms with Crippen LogP contribution in [-0.2, 0) is 5.41 Å².